The third-order valence-corrected chi connectivity index (χ3v) is 3.28. The minimum Gasteiger partial charge on any atom is -0.397 e. The van der Waals surface area contributed by atoms with Crippen molar-refractivity contribution in [2.75, 3.05) is 19.5 Å². The molecule has 3 aromatic heterocycles. The molecular formula is C13H14N6O3. The Labute approximate surface area is 123 Å². The van der Waals surface area contributed by atoms with Gasteiger partial charge in [0.05, 0.1) is 30.0 Å². The monoisotopic (exact) mass is 302 g/mol. The van der Waals surface area contributed by atoms with Crippen LogP contribution in [0.1, 0.15) is 5.69 Å². The molecule has 0 aliphatic rings. The number of fused-ring (bicyclic) bond motifs is 1. The zero-order chi connectivity index (χ0) is 15.7. The quantitative estimate of drug-likeness (QED) is 0.599. The molecule has 0 spiro atoms. The Hall–Kier alpha value is -2.94. The van der Waals surface area contributed by atoms with Gasteiger partial charge in [-0.2, -0.15) is 0 Å². The zero-order valence-electron chi connectivity index (χ0n) is 11.8. The zero-order valence-corrected chi connectivity index (χ0v) is 11.8. The van der Waals surface area contributed by atoms with Gasteiger partial charge in [0.15, 0.2) is 5.65 Å². The fourth-order valence-electron chi connectivity index (χ4n) is 2.30. The summed E-state index contributed by atoms with van der Waals surface area (Å²) in [6.07, 6.45) is 3.37. The topological polar surface area (TPSA) is 132 Å². The van der Waals surface area contributed by atoms with Gasteiger partial charge >= 0.3 is 5.69 Å². The van der Waals surface area contributed by atoms with Crippen LogP contribution in [0.3, 0.4) is 0 Å². The molecule has 9 heteroatoms. The van der Waals surface area contributed by atoms with E-state index in [1.807, 2.05) is 0 Å². The smallest absolute Gasteiger partial charge is 0.334 e. The number of nitrogens with zero attached hydrogens (tertiary/aromatic N) is 3. The third-order valence-electron chi connectivity index (χ3n) is 3.28. The normalized spacial score (nSPS) is 11.1. The van der Waals surface area contributed by atoms with Gasteiger partial charge in [-0.3, -0.25) is 14.8 Å². The number of nitrogens with one attached hydrogen (secondary N) is 2. The fourth-order valence-corrected chi connectivity index (χ4v) is 2.30. The number of aromatic amines is 2. The highest BCUT2D eigenvalue weighted by Crippen LogP contribution is 2.21. The van der Waals surface area contributed by atoms with Crippen molar-refractivity contribution in [2.24, 2.45) is 0 Å². The largest absolute Gasteiger partial charge is 0.397 e. The van der Waals surface area contributed by atoms with Crippen molar-refractivity contribution in [3.8, 4) is 5.69 Å². The SMILES string of the molecule is COCCc1nccc(N)c1-n1c(=O)[nH]c(=O)c2[nH]cnc21. The minimum atomic E-state index is -0.622. The number of nitrogen functional groups attached to an aromatic ring is 1. The molecule has 0 saturated carbocycles. The Morgan fingerprint density at radius 1 is 1.36 bits per heavy atom. The molecule has 9 nitrogen and oxygen atoms in total. The van der Waals surface area contributed by atoms with Crippen LogP contribution in [0.2, 0.25) is 0 Å². The molecule has 3 aromatic rings. The van der Waals surface area contributed by atoms with Crippen molar-refractivity contribution < 1.29 is 4.74 Å². The number of hydrogen-bond donors (Lipinski definition) is 3. The van der Waals surface area contributed by atoms with E-state index in [-0.39, 0.29) is 11.2 Å². The third kappa shape index (κ3) is 2.17. The van der Waals surface area contributed by atoms with Crippen LogP contribution in [-0.4, -0.2) is 38.2 Å². The maximum Gasteiger partial charge on any atom is 0.334 e. The Balaban J connectivity index is 2.35. The van der Waals surface area contributed by atoms with E-state index < -0.39 is 11.2 Å². The van der Waals surface area contributed by atoms with Gasteiger partial charge in [0.1, 0.15) is 5.52 Å². The second-order valence-corrected chi connectivity index (χ2v) is 4.63. The molecule has 0 aromatic carbocycles. The lowest BCUT2D eigenvalue weighted by atomic mass is 10.2. The van der Waals surface area contributed by atoms with Crippen LogP contribution in [0.15, 0.2) is 28.2 Å². The summed E-state index contributed by atoms with van der Waals surface area (Å²) >= 11 is 0. The summed E-state index contributed by atoms with van der Waals surface area (Å²) in [6, 6.07) is 1.58. The fraction of sp³-hybridized carbons (Fsp3) is 0.231. The van der Waals surface area contributed by atoms with Crippen LogP contribution in [0, 0.1) is 0 Å². The van der Waals surface area contributed by atoms with E-state index in [4.69, 9.17) is 10.5 Å². The summed E-state index contributed by atoms with van der Waals surface area (Å²) < 4.78 is 6.30. The maximum absolute atomic E-state index is 12.3. The first kappa shape index (κ1) is 14.0. The summed E-state index contributed by atoms with van der Waals surface area (Å²) in [5.74, 6) is 0. The number of ether oxygens (including phenoxy) is 1. The van der Waals surface area contributed by atoms with E-state index in [1.54, 1.807) is 19.4 Å². The van der Waals surface area contributed by atoms with Gasteiger partial charge in [0.2, 0.25) is 0 Å². The maximum atomic E-state index is 12.3. The van der Waals surface area contributed by atoms with Crippen LogP contribution in [0.25, 0.3) is 16.9 Å². The molecule has 114 valence electrons. The second kappa shape index (κ2) is 5.45. The number of H-pyrrole nitrogens is 2. The van der Waals surface area contributed by atoms with Gasteiger partial charge in [0.25, 0.3) is 5.56 Å². The Bertz CT molecular complexity index is 939. The van der Waals surface area contributed by atoms with Gasteiger partial charge in [-0.25, -0.2) is 14.3 Å². The van der Waals surface area contributed by atoms with Crippen molar-refractivity contribution in [3.63, 3.8) is 0 Å². The van der Waals surface area contributed by atoms with Crippen LogP contribution >= 0.6 is 0 Å². The highest BCUT2D eigenvalue weighted by Gasteiger charge is 2.17. The molecule has 3 rings (SSSR count). The standard InChI is InChI=1S/C13H14N6O3/c1-22-5-3-8-10(7(14)2-4-15-8)19-11-9(16-6-17-11)12(20)18-13(19)21/h2,4,6H,3,5H2,1H3,(H2,14,15)(H,16,17)(H,18,20,21). The number of pyridine rings is 1. The van der Waals surface area contributed by atoms with Gasteiger partial charge in [0, 0.05) is 19.7 Å². The molecule has 0 radical (unpaired) electrons. The lowest BCUT2D eigenvalue weighted by molar-refractivity contribution is 0.201. The lowest BCUT2D eigenvalue weighted by Crippen LogP contribution is -2.30. The predicted molar refractivity (Wildman–Crippen MR) is 80.1 cm³/mol. The van der Waals surface area contributed by atoms with E-state index in [0.29, 0.717) is 30.1 Å². The summed E-state index contributed by atoms with van der Waals surface area (Å²) in [7, 11) is 1.57. The number of nitrogens with two attached hydrogens (primary N) is 1. The van der Waals surface area contributed by atoms with Crippen LogP contribution < -0.4 is 17.0 Å². The number of methoxy groups -OCH3 is 1. The highest BCUT2D eigenvalue weighted by molar-refractivity contribution is 5.74. The molecule has 4 N–H and O–H groups in total. The lowest BCUT2D eigenvalue weighted by Gasteiger charge is -2.13. The number of hydrogen-bond acceptors (Lipinski definition) is 6. The highest BCUT2D eigenvalue weighted by atomic mass is 16.5. The number of imidazole rings is 1. The summed E-state index contributed by atoms with van der Waals surface area (Å²) in [5.41, 5.74) is 6.61. The average molecular weight is 302 g/mol. The van der Waals surface area contributed by atoms with E-state index in [2.05, 4.69) is 19.9 Å². The number of anilines is 1. The molecule has 0 aliphatic carbocycles. The van der Waals surface area contributed by atoms with E-state index in [1.165, 1.54) is 10.9 Å². The van der Waals surface area contributed by atoms with Gasteiger partial charge < -0.3 is 15.5 Å². The predicted octanol–water partition coefficient (Wildman–Crippen LogP) is -0.432. The summed E-state index contributed by atoms with van der Waals surface area (Å²) in [5, 5.41) is 0. The van der Waals surface area contributed by atoms with Gasteiger partial charge in [-0.15, -0.1) is 0 Å². The molecule has 0 unspecified atom stereocenters. The Morgan fingerprint density at radius 2 is 2.18 bits per heavy atom. The molecule has 0 amide bonds. The summed E-state index contributed by atoms with van der Waals surface area (Å²) in [6.45, 7) is 0.422. The molecule has 3 heterocycles. The molecule has 22 heavy (non-hydrogen) atoms. The first-order valence-electron chi connectivity index (χ1n) is 6.54. The molecule has 0 fully saturated rings. The molecular weight excluding hydrogens is 288 g/mol. The Morgan fingerprint density at radius 3 is 2.95 bits per heavy atom. The molecule has 0 bridgehead atoms. The number of aromatic nitrogens is 5. The second-order valence-electron chi connectivity index (χ2n) is 4.63. The average Bonchev–Trinajstić information content (AvgIpc) is 2.97. The Kier molecular flexibility index (Phi) is 3.47. The minimum absolute atomic E-state index is 0.195. The van der Waals surface area contributed by atoms with E-state index in [9.17, 15) is 9.59 Å². The molecule has 0 saturated heterocycles. The van der Waals surface area contributed by atoms with E-state index >= 15 is 0 Å². The van der Waals surface area contributed by atoms with Crippen LogP contribution in [-0.2, 0) is 11.2 Å². The van der Waals surface area contributed by atoms with Gasteiger partial charge in [-0.1, -0.05) is 0 Å². The first-order valence-corrected chi connectivity index (χ1v) is 6.54. The van der Waals surface area contributed by atoms with Crippen molar-refractivity contribution in [1.29, 1.82) is 0 Å². The van der Waals surface area contributed by atoms with Crippen LogP contribution in [0.4, 0.5) is 5.69 Å². The summed E-state index contributed by atoms with van der Waals surface area (Å²) in [4.78, 5) is 37.3. The van der Waals surface area contributed by atoms with Crippen molar-refractivity contribution in [2.45, 2.75) is 6.42 Å². The molecule has 0 atom stereocenters. The molecule has 0 aliphatic heterocycles. The van der Waals surface area contributed by atoms with Crippen molar-refractivity contribution in [1.82, 2.24) is 24.5 Å². The van der Waals surface area contributed by atoms with Crippen molar-refractivity contribution in [3.05, 3.63) is 45.1 Å². The van der Waals surface area contributed by atoms with Crippen molar-refractivity contribution >= 4 is 16.9 Å². The van der Waals surface area contributed by atoms with Crippen LogP contribution in [0.5, 0.6) is 0 Å². The number of rotatable bonds is 4. The first-order chi connectivity index (χ1) is 10.6. The van der Waals surface area contributed by atoms with Gasteiger partial charge in [-0.05, 0) is 6.07 Å². The van der Waals surface area contributed by atoms with E-state index in [0.717, 1.165) is 0 Å².